The molecule has 1 rings (SSSR count). The van der Waals surface area contributed by atoms with Crippen LogP contribution in [0.1, 0.15) is 20.8 Å². The number of sulfonamides is 1. The third kappa shape index (κ3) is 1.77. The summed E-state index contributed by atoms with van der Waals surface area (Å²) in [4.78, 5) is 11.1. The van der Waals surface area contributed by atoms with E-state index in [0.717, 1.165) is 0 Å². The minimum Gasteiger partial charge on any atom is -0.274 e. The molecule has 0 aromatic heterocycles. The molecule has 1 atom stereocenters. The first-order valence-electron chi connectivity index (χ1n) is 3.77. The molecule has 1 aliphatic heterocycles. The Kier molecular flexibility index (Phi) is 1.94. The van der Waals surface area contributed by atoms with Gasteiger partial charge in [-0.1, -0.05) is 20.8 Å². The van der Waals surface area contributed by atoms with E-state index in [0.29, 0.717) is 0 Å². The van der Waals surface area contributed by atoms with Gasteiger partial charge in [0.15, 0.2) is 0 Å². The summed E-state index contributed by atoms with van der Waals surface area (Å²) in [6, 6.07) is 0. The fraction of sp³-hybridized carbons (Fsp3) is 0.857. The molecule has 1 unspecified atom stereocenters. The number of nitrogens with one attached hydrogen (secondary N) is 1. The van der Waals surface area contributed by atoms with E-state index in [9.17, 15) is 13.2 Å². The molecule has 1 heterocycles. The van der Waals surface area contributed by atoms with Gasteiger partial charge < -0.3 is 0 Å². The SMILES string of the molecule is CC(C)(C)C1CS(=O)(=O)NC1=O. The molecule has 1 fully saturated rings. The van der Waals surface area contributed by atoms with Gasteiger partial charge in [-0.25, -0.2) is 8.42 Å². The average molecular weight is 191 g/mol. The Morgan fingerprint density at radius 3 is 2.08 bits per heavy atom. The molecular weight excluding hydrogens is 178 g/mol. The highest BCUT2D eigenvalue weighted by Gasteiger charge is 2.42. The predicted molar refractivity (Wildman–Crippen MR) is 44.9 cm³/mol. The standard InChI is InChI=1S/C7H13NO3S/c1-7(2,3)5-4-12(10,11)8-6(5)9/h5H,4H2,1-3H3,(H,8,9). The van der Waals surface area contributed by atoms with E-state index >= 15 is 0 Å². The van der Waals surface area contributed by atoms with E-state index in [4.69, 9.17) is 0 Å². The van der Waals surface area contributed by atoms with E-state index in [2.05, 4.69) is 0 Å². The van der Waals surface area contributed by atoms with E-state index < -0.39 is 15.9 Å². The summed E-state index contributed by atoms with van der Waals surface area (Å²) in [6.07, 6.45) is 0. The Bertz CT molecular complexity index is 299. The van der Waals surface area contributed by atoms with Crippen LogP contribution in [0.5, 0.6) is 0 Å². The van der Waals surface area contributed by atoms with Gasteiger partial charge in [0.1, 0.15) is 0 Å². The molecule has 5 heteroatoms. The summed E-state index contributed by atoms with van der Waals surface area (Å²) in [5.74, 6) is -0.861. The van der Waals surface area contributed by atoms with Crippen molar-refractivity contribution >= 4 is 15.9 Å². The van der Waals surface area contributed by atoms with Gasteiger partial charge in [-0.3, -0.25) is 9.52 Å². The molecule has 0 aromatic rings. The molecule has 0 aliphatic carbocycles. The number of rotatable bonds is 0. The van der Waals surface area contributed by atoms with Gasteiger partial charge in [0, 0.05) is 0 Å². The van der Waals surface area contributed by atoms with Crippen molar-refractivity contribution in [3.8, 4) is 0 Å². The van der Waals surface area contributed by atoms with Crippen molar-refractivity contribution in [1.29, 1.82) is 0 Å². The van der Waals surface area contributed by atoms with E-state index in [1.165, 1.54) is 0 Å². The van der Waals surface area contributed by atoms with Crippen LogP contribution >= 0.6 is 0 Å². The van der Waals surface area contributed by atoms with E-state index in [1.807, 2.05) is 25.5 Å². The van der Waals surface area contributed by atoms with Gasteiger partial charge in [-0.2, -0.15) is 0 Å². The zero-order valence-electron chi connectivity index (χ0n) is 7.42. The first-order chi connectivity index (χ1) is 5.22. The maximum Gasteiger partial charge on any atom is 0.238 e. The summed E-state index contributed by atoms with van der Waals surface area (Å²) < 4.78 is 23.9. The summed E-state index contributed by atoms with van der Waals surface area (Å²) in [7, 11) is -3.33. The van der Waals surface area contributed by atoms with Crippen molar-refractivity contribution in [2.24, 2.45) is 11.3 Å². The lowest BCUT2D eigenvalue weighted by atomic mass is 9.82. The first kappa shape index (κ1) is 9.51. The second-order valence-electron chi connectivity index (χ2n) is 4.17. The van der Waals surface area contributed by atoms with Crippen LogP contribution in [0.4, 0.5) is 0 Å². The Labute approximate surface area is 72.4 Å². The van der Waals surface area contributed by atoms with Crippen LogP contribution in [-0.4, -0.2) is 20.1 Å². The molecule has 1 aliphatic rings. The second kappa shape index (κ2) is 2.45. The van der Waals surface area contributed by atoms with Crippen molar-refractivity contribution in [2.75, 3.05) is 5.75 Å². The molecular formula is C7H13NO3S. The van der Waals surface area contributed by atoms with Gasteiger partial charge in [0.05, 0.1) is 11.7 Å². The van der Waals surface area contributed by atoms with Crippen LogP contribution in [0.15, 0.2) is 0 Å². The third-order valence-corrected chi connectivity index (χ3v) is 3.29. The van der Waals surface area contributed by atoms with E-state index in [1.54, 1.807) is 0 Å². The van der Waals surface area contributed by atoms with Crippen LogP contribution in [0.25, 0.3) is 0 Å². The lowest BCUT2D eigenvalue weighted by Gasteiger charge is -2.22. The summed E-state index contributed by atoms with van der Waals surface area (Å²) in [6.45, 7) is 5.58. The molecule has 1 saturated heterocycles. The molecule has 0 bridgehead atoms. The quantitative estimate of drug-likeness (QED) is 0.591. The molecule has 70 valence electrons. The van der Waals surface area contributed by atoms with Crippen molar-refractivity contribution in [2.45, 2.75) is 20.8 Å². The third-order valence-electron chi connectivity index (χ3n) is 2.00. The van der Waals surface area contributed by atoms with Crippen LogP contribution in [0.3, 0.4) is 0 Å². The van der Waals surface area contributed by atoms with Crippen LogP contribution in [-0.2, 0) is 14.8 Å². The highest BCUT2D eigenvalue weighted by Crippen LogP contribution is 2.30. The average Bonchev–Trinajstić information content (AvgIpc) is 2.03. The van der Waals surface area contributed by atoms with Crippen molar-refractivity contribution in [3.63, 3.8) is 0 Å². The van der Waals surface area contributed by atoms with Gasteiger partial charge >= 0.3 is 0 Å². The van der Waals surface area contributed by atoms with Crippen LogP contribution in [0.2, 0.25) is 0 Å². The highest BCUT2D eigenvalue weighted by atomic mass is 32.2. The summed E-state index contributed by atoms with van der Waals surface area (Å²) in [5.41, 5.74) is -0.284. The van der Waals surface area contributed by atoms with E-state index in [-0.39, 0.29) is 17.1 Å². The minimum atomic E-state index is -3.33. The number of hydrogen-bond acceptors (Lipinski definition) is 3. The Balaban J connectivity index is 2.93. The number of hydrogen-bond donors (Lipinski definition) is 1. The molecule has 1 amide bonds. The summed E-state index contributed by atoms with van der Waals surface area (Å²) in [5, 5.41) is 0. The topological polar surface area (TPSA) is 63.2 Å². The zero-order valence-corrected chi connectivity index (χ0v) is 8.23. The maximum absolute atomic E-state index is 11.1. The molecule has 1 N–H and O–H groups in total. The molecule has 0 radical (unpaired) electrons. The largest absolute Gasteiger partial charge is 0.274 e. The van der Waals surface area contributed by atoms with Gasteiger partial charge in [-0.05, 0) is 5.41 Å². The van der Waals surface area contributed by atoms with Crippen LogP contribution < -0.4 is 4.72 Å². The Morgan fingerprint density at radius 2 is 1.92 bits per heavy atom. The first-order valence-corrected chi connectivity index (χ1v) is 5.42. The molecule has 0 aromatic carbocycles. The molecule has 0 saturated carbocycles. The van der Waals surface area contributed by atoms with Crippen molar-refractivity contribution in [3.05, 3.63) is 0 Å². The second-order valence-corrected chi connectivity index (χ2v) is 5.93. The fourth-order valence-electron chi connectivity index (χ4n) is 1.20. The zero-order chi connectivity index (χ0) is 9.57. The predicted octanol–water partition coefficient (Wildman–Crippen LogP) is 0.108. The normalized spacial score (nSPS) is 28.6. The van der Waals surface area contributed by atoms with Crippen molar-refractivity contribution < 1.29 is 13.2 Å². The Hall–Kier alpha value is -0.580. The fourth-order valence-corrected chi connectivity index (χ4v) is 2.83. The monoisotopic (exact) mass is 191 g/mol. The van der Waals surface area contributed by atoms with Gasteiger partial charge in [0.2, 0.25) is 15.9 Å². The lowest BCUT2D eigenvalue weighted by Crippen LogP contribution is -2.29. The lowest BCUT2D eigenvalue weighted by molar-refractivity contribution is -0.124. The van der Waals surface area contributed by atoms with Crippen LogP contribution in [0, 0.1) is 11.3 Å². The van der Waals surface area contributed by atoms with Gasteiger partial charge in [-0.15, -0.1) is 0 Å². The Morgan fingerprint density at radius 1 is 1.42 bits per heavy atom. The molecule has 12 heavy (non-hydrogen) atoms. The maximum atomic E-state index is 11.1. The summed E-state index contributed by atoms with van der Waals surface area (Å²) >= 11 is 0. The number of carbonyl (C=O) groups excluding carboxylic acids is 1. The molecule has 4 nitrogen and oxygen atoms in total. The molecule has 0 spiro atoms. The highest BCUT2D eigenvalue weighted by molar-refractivity contribution is 7.90. The van der Waals surface area contributed by atoms with Crippen molar-refractivity contribution in [1.82, 2.24) is 4.72 Å². The minimum absolute atomic E-state index is 0.0741. The van der Waals surface area contributed by atoms with Gasteiger partial charge in [0.25, 0.3) is 0 Å². The smallest absolute Gasteiger partial charge is 0.238 e. The number of amides is 1. The number of carbonyl (C=O) groups is 1.